The molecule has 0 unspecified atom stereocenters. The third kappa shape index (κ3) is 5.57. The van der Waals surface area contributed by atoms with Gasteiger partial charge in [-0.25, -0.2) is 0 Å². The number of rotatable bonds is 4. The van der Waals surface area contributed by atoms with Gasteiger partial charge in [-0.05, 0) is 61.1 Å². The fraction of sp³-hybridized carbons (Fsp3) is 0.0909. The molecule has 0 aliphatic carbocycles. The molecule has 0 saturated heterocycles. The lowest BCUT2D eigenvalue weighted by Gasteiger charge is -2.13. The molecule has 2 N–H and O–H groups in total. The summed E-state index contributed by atoms with van der Waals surface area (Å²) in [7, 11) is 0. The van der Waals surface area contributed by atoms with Gasteiger partial charge in [-0.3, -0.25) is 10.1 Å². The van der Waals surface area contributed by atoms with Crippen LogP contribution in [0, 0.1) is 6.92 Å². The first-order chi connectivity index (χ1) is 14.2. The summed E-state index contributed by atoms with van der Waals surface area (Å²) in [6, 6.07) is 19.4. The number of carbonyl (C=O) groups excluding carboxylic acids is 1. The predicted molar refractivity (Wildman–Crippen MR) is 113 cm³/mol. The molecule has 0 aromatic heterocycles. The van der Waals surface area contributed by atoms with Gasteiger partial charge < -0.3 is 10.1 Å². The van der Waals surface area contributed by atoms with Gasteiger partial charge in [-0.2, -0.15) is 13.2 Å². The van der Waals surface area contributed by atoms with E-state index < -0.39 is 17.6 Å². The van der Waals surface area contributed by atoms with Crippen LogP contribution in [0.5, 0.6) is 11.5 Å². The first-order valence-electron chi connectivity index (χ1n) is 8.85. The first-order valence-corrected chi connectivity index (χ1v) is 9.26. The number of hydrogen-bond donors (Lipinski definition) is 2. The van der Waals surface area contributed by atoms with Crippen molar-refractivity contribution in [3.8, 4) is 11.5 Å². The molecule has 4 nitrogen and oxygen atoms in total. The summed E-state index contributed by atoms with van der Waals surface area (Å²) in [5, 5.41) is 5.16. The fourth-order valence-corrected chi connectivity index (χ4v) is 2.88. The van der Waals surface area contributed by atoms with E-state index in [1.165, 1.54) is 19.1 Å². The Hall–Kier alpha value is -3.39. The summed E-state index contributed by atoms with van der Waals surface area (Å²) in [6.07, 6.45) is -4.54. The third-order valence-corrected chi connectivity index (χ3v) is 4.31. The summed E-state index contributed by atoms with van der Waals surface area (Å²) in [5.41, 5.74) is -0.415. The Morgan fingerprint density at radius 2 is 1.63 bits per heavy atom. The van der Waals surface area contributed by atoms with Crippen LogP contribution >= 0.6 is 12.2 Å². The van der Waals surface area contributed by atoms with E-state index in [-0.39, 0.29) is 16.2 Å². The van der Waals surface area contributed by atoms with E-state index in [4.69, 9.17) is 17.0 Å². The molecule has 0 spiro atoms. The van der Waals surface area contributed by atoms with Crippen LogP contribution in [0.15, 0.2) is 72.8 Å². The van der Waals surface area contributed by atoms with E-state index in [0.717, 1.165) is 6.07 Å². The molecule has 8 heteroatoms. The molecular formula is C22H17F3N2O2S. The quantitative estimate of drug-likeness (QED) is 0.504. The molecule has 0 bridgehead atoms. The predicted octanol–water partition coefficient (Wildman–Crippen LogP) is 5.93. The molecule has 3 aromatic rings. The Morgan fingerprint density at radius 3 is 2.33 bits per heavy atom. The lowest BCUT2D eigenvalue weighted by molar-refractivity contribution is -0.138. The van der Waals surface area contributed by atoms with Crippen molar-refractivity contribution in [3.63, 3.8) is 0 Å². The second kappa shape index (κ2) is 8.96. The first kappa shape index (κ1) is 21.3. The summed E-state index contributed by atoms with van der Waals surface area (Å²) in [6.45, 7) is 1.33. The van der Waals surface area contributed by atoms with Gasteiger partial charge in [0.05, 0.1) is 5.56 Å². The average molecular weight is 430 g/mol. The summed E-state index contributed by atoms with van der Waals surface area (Å²) in [5.74, 6) is 0.466. The highest BCUT2D eigenvalue weighted by Crippen LogP contribution is 2.32. The van der Waals surface area contributed by atoms with Crippen molar-refractivity contribution in [2.24, 2.45) is 0 Å². The Kier molecular flexibility index (Phi) is 6.37. The number of aryl methyl sites for hydroxylation is 1. The van der Waals surface area contributed by atoms with Gasteiger partial charge in [0, 0.05) is 17.3 Å². The zero-order chi connectivity index (χ0) is 21.7. The van der Waals surface area contributed by atoms with E-state index >= 15 is 0 Å². The van der Waals surface area contributed by atoms with E-state index in [2.05, 4.69) is 10.6 Å². The summed E-state index contributed by atoms with van der Waals surface area (Å²) in [4.78, 5) is 12.3. The molecule has 30 heavy (non-hydrogen) atoms. The molecule has 0 heterocycles. The molecule has 3 aromatic carbocycles. The average Bonchev–Trinajstić information content (AvgIpc) is 2.68. The van der Waals surface area contributed by atoms with Crippen LogP contribution in [-0.2, 0) is 6.18 Å². The van der Waals surface area contributed by atoms with E-state index in [9.17, 15) is 18.0 Å². The number of thiocarbonyl (C=S) groups is 1. The minimum absolute atomic E-state index is 0.0370. The molecular weight excluding hydrogens is 413 g/mol. The van der Waals surface area contributed by atoms with Crippen LogP contribution in [0.25, 0.3) is 0 Å². The van der Waals surface area contributed by atoms with Crippen molar-refractivity contribution in [1.29, 1.82) is 0 Å². The normalized spacial score (nSPS) is 10.9. The van der Waals surface area contributed by atoms with Crippen molar-refractivity contribution in [2.75, 3.05) is 5.32 Å². The molecule has 0 fully saturated rings. The number of nitrogens with one attached hydrogen (secondary N) is 2. The van der Waals surface area contributed by atoms with E-state index in [0.29, 0.717) is 17.2 Å². The van der Waals surface area contributed by atoms with Crippen LogP contribution in [-0.4, -0.2) is 11.0 Å². The zero-order valence-electron chi connectivity index (χ0n) is 15.8. The van der Waals surface area contributed by atoms with Crippen molar-refractivity contribution in [2.45, 2.75) is 13.1 Å². The lowest BCUT2D eigenvalue weighted by atomic mass is 10.0. The molecule has 0 atom stereocenters. The molecule has 0 radical (unpaired) electrons. The molecule has 1 amide bonds. The van der Waals surface area contributed by atoms with Crippen LogP contribution < -0.4 is 15.4 Å². The third-order valence-electron chi connectivity index (χ3n) is 4.10. The topological polar surface area (TPSA) is 50.4 Å². The van der Waals surface area contributed by atoms with Gasteiger partial charge >= 0.3 is 6.18 Å². The largest absolute Gasteiger partial charge is 0.457 e. The Labute approximate surface area is 176 Å². The van der Waals surface area contributed by atoms with Gasteiger partial charge in [0.15, 0.2) is 5.11 Å². The van der Waals surface area contributed by atoms with Crippen LogP contribution in [0.3, 0.4) is 0 Å². The summed E-state index contributed by atoms with van der Waals surface area (Å²) < 4.78 is 44.9. The number of amides is 1. The highest BCUT2D eigenvalue weighted by atomic mass is 32.1. The van der Waals surface area contributed by atoms with Crippen molar-refractivity contribution >= 4 is 28.9 Å². The van der Waals surface area contributed by atoms with Crippen molar-refractivity contribution in [3.05, 3.63) is 89.5 Å². The maximum atomic E-state index is 13.1. The van der Waals surface area contributed by atoms with Gasteiger partial charge in [0.2, 0.25) is 0 Å². The SMILES string of the molecule is Cc1ccc(C(=O)NC(=S)Nc2cccc(Oc3ccccc3)c2)cc1C(F)(F)F. The monoisotopic (exact) mass is 430 g/mol. The minimum atomic E-state index is -4.54. The Bertz CT molecular complexity index is 1070. The van der Waals surface area contributed by atoms with E-state index in [1.807, 2.05) is 30.3 Å². The smallest absolute Gasteiger partial charge is 0.416 e. The second-order valence-electron chi connectivity index (χ2n) is 6.38. The van der Waals surface area contributed by atoms with Gasteiger partial charge in [-0.1, -0.05) is 30.3 Å². The zero-order valence-corrected chi connectivity index (χ0v) is 16.6. The number of anilines is 1. The number of carbonyl (C=O) groups is 1. The van der Waals surface area contributed by atoms with Crippen molar-refractivity contribution in [1.82, 2.24) is 5.32 Å². The molecule has 0 aliphatic rings. The highest BCUT2D eigenvalue weighted by molar-refractivity contribution is 7.80. The standard InChI is InChI=1S/C22H17F3N2O2S/c1-14-10-11-15(12-19(14)22(23,24)25)20(28)27-21(30)26-16-6-5-9-18(13-16)29-17-7-3-2-4-8-17/h2-13H,1H3,(H2,26,27,28,30). The maximum absolute atomic E-state index is 13.1. The molecule has 0 saturated carbocycles. The lowest BCUT2D eigenvalue weighted by Crippen LogP contribution is -2.34. The second-order valence-corrected chi connectivity index (χ2v) is 6.79. The molecule has 0 aliphatic heterocycles. The molecule has 154 valence electrons. The Morgan fingerprint density at radius 1 is 0.933 bits per heavy atom. The Balaban J connectivity index is 1.66. The number of hydrogen-bond acceptors (Lipinski definition) is 3. The van der Waals surface area contributed by atoms with E-state index in [1.54, 1.807) is 24.3 Å². The number of ether oxygens (including phenoxy) is 1. The number of para-hydroxylation sites is 1. The van der Waals surface area contributed by atoms with Crippen LogP contribution in [0.1, 0.15) is 21.5 Å². The van der Waals surface area contributed by atoms with Crippen molar-refractivity contribution < 1.29 is 22.7 Å². The number of halogens is 3. The van der Waals surface area contributed by atoms with Gasteiger partial charge in [0.25, 0.3) is 5.91 Å². The van der Waals surface area contributed by atoms with Gasteiger partial charge in [0.1, 0.15) is 11.5 Å². The molecule has 3 rings (SSSR count). The highest BCUT2D eigenvalue weighted by Gasteiger charge is 2.33. The summed E-state index contributed by atoms with van der Waals surface area (Å²) >= 11 is 5.11. The number of benzene rings is 3. The van der Waals surface area contributed by atoms with Crippen LogP contribution in [0.4, 0.5) is 18.9 Å². The van der Waals surface area contributed by atoms with Gasteiger partial charge in [-0.15, -0.1) is 0 Å². The fourth-order valence-electron chi connectivity index (χ4n) is 2.67. The number of alkyl halides is 3. The van der Waals surface area contributed by atoms with Crippen LogP contribution in [0.2, 0.25) is 0 Å². The maximum Gasteiger partial charge on any atom is 0.416 e. The minimum Gasteiger partial charge on any atom is -0.457 e.